The predicted molar refractivity (Wildman–Crippen MR) is 131 cm³/mol. The van der Waals surface area contributed by atoms with E-state index in [1.165, 1.54) is 12.1 Å². The number of carboxylic acid groups (broad SMARTS) is 1. The number of carbonyl (C=O) groups is 2. The predicted octanol–water partition coefficient (Wildman–Crippen LogP) is 6.10. The Bertz CT molecular complexity index is 1340. The molecule has 1 aliphatic heterocycles. The van der Waals surface area contributed by atoms with Gasteiger partial charge in [-0.05, 0) is 65.8 Å². The lowest BCUT2D eigenvalue weighted by molar-refractivity contribution is -0.139. The number of ether oxygens (including phenoxy) is 1. The summed E-state index contributed by atoms with van der Waals surface area (Å²) in [6.45, 7) is -0.114. The van der Waals surface area contributed by atoms with Crippen LogP contribution in [0.5, 0.6) is 5.75 Å². The lowest BCUT2D eigenvalue weighted by Crippen LogP contribution is -2.41. The lowest BCUT2D eigenvalue weighted by atomic mass is 9.87. The van der Waals surface area contributed by atoms with E-state index in [0.29, 0.717) is 41.3 Å². The zero-order valence-electron chi connectivity index (χ0n) is 19.5. The van der Waals surface area contributed by atoms with Crippen LogP contribution in [0.4, 0.5) is 13.2 Å². The Morgan fingerprint density at radius 3 is 2.46 bits per heavy atom. The second-order valence-electron chi connectivity index (χ2n) is 9.32. The molecule has 1 aliphatic carbocycles. The summed E-state index contributed by atoms with van der Waals surface area (Å²) in [5.74, 6) is -1.42. The van der Waals surface area contributed by atoms with Crippen LogP contribution in [0.2, 0.25) is 5.02 Å². The summed E-state index contributed by atoms with van der Waals surface area (Å²) in [7, 11) is 0. The van der Waals surface area contributed by atoms with Crippen molar-refractivity contribution in [3.05, 3.63) is 99.6 Å². The van der Waals surface area contributed by atoms with Crippen LogP contribution in [0.15, 0.2) is 66.7 Å². The Morgan fingerprint density at radius 1 is 1.03 bits per heavy atom. The highest BCUT2D eigenvalue weighted by Gasteiger charge is 2.48. The van der Waals surface area contributed by atoms with Crippen molar-refractivity contribution < 1.29 is 32.6 Å². The third-order valence-corrected chi connectivity index (χ3v) is 7.19. The molecule has 0 aromatic heterocycles. The minimum atomic E-state index is -4.41. The minimum absolute atomic E-state index is 0.103. The first-order chi connectivity index (χ1) is 17.6. The Kier molecular flexibility index (Phi) is 6.62. The van der Waals surface area contributed by atoms with Crippen LogP contribution in [0.1, 0.15) is 46.2 Å². The molecule has 1 amide bonds. The summed E-state index contributed by atoms with van der Waals surface area (Å²) in [6, 6.07) is 17.1. The first-order valence-corrected chi connectivity index (χ1v) is 12.2. The van der Waals surface area contributed by atoms with Gasteiger partial charge in [-0.3, -0.25) is 4.79 Å². The van der Waals surface area contributed by atoms with Crippen molar-refractivity contribution in [1.29, 1.82) is 0 Å². The van der Waals surface area contributed by atoms with Gasteiger partial charge < -0.3 is 14.7 Å². The van der Waals surface area contributed by atoms with Crippen LogP contribution < -0.4 is 4.74 Å². The number of fused-ring (bicyclic) bond motifs is 1. The van der Waals surface area contributed by atoms with Crippen molar-refractivity contribution in [2.24, 2.45) is 5.92 Å². The Morgan fingerprint density at radius 2 is 1.76 bits per heavy atom. The van der Waals surface area contributed by atoms with Gasteiger partial charge in [0, 0.05) is 23.0 Å². The maximum absolute atomic E-state index is 13.8. The first-order valence-electron chi connectivity index (χ1n) is 11.8. The van der Waals surface area contributed by atoms with E-state index in [4.69, 9.17) is 21.4 Å². The topological polar surface area (TPSA) is 66.8 Å². The fourth-order valence-electron chi connectivity index (χ4n) is 5.11. The third kappa shape index (κ3) is 5.16. The summed E-state index contributed by atoms with van der Waals surface area (Å²) < 4.78 is 44.4. The van der Waals surface area contributed by atoms with Gasteiger partial charge in [-0.15, -0.1) is 0 Å². The van der Waals surface area contributed by atoms with Crippen LogP contribution in [0, 0.1) is 5.92 Å². The van der Waals surface area contributed by atoms with Crippen molar-refractivity contribution in [1.82, 2.24) is 4.90 Å². The Balaban J connectivity index is 1.46. The van der Waals surface area contributed by atoms with E-state index < -0.39 is 30.4 Å². The molecule has 0 bridgehead atoms. The molecule has 5 rings (SSSR count). The van der Waals surface area contributed by atoms with E-state index in [0.717, 1.165) is 23.3 Å². The summed E-state index contributed by atoms with van der Waals surface area (Å²) in [5.41, 5.74) is 2.53. The fourth-order valence-corrected chi connectivity index (χ4v) is 5.29. The van der Waals surface area contributed by atoms with Gasteiger partial charge in [-0.25, -0.2) is 4.79 Å². The number of amides is 1. The maximum atomic E-state index is 13.8. The molecule has 192 valence electrons. The van der Waals surface area contributed by atoms with Crippen LogP contribution in [0.3, 0.4) is 0 Å². The van der Waals surface area contributed by atoms with Gasteiger partial charge in [0.1, 0.15) is 5.75 Å². The number of rotatable bonds is 6. The maximum Gasteiger partial charge on any atom is 0.416 e. The molecule has 0 saturated heterocycles. The zero-order chi connectivity index (χ0) is 26.3. The average molecular weight is 530 g/mol. The van der Waals surface area contributed by atoms with Gasteiger partial charge in [0.05, 0.1) is 11.6 Å². The smallest absolute Gasteiger partial charge is 0.416 e. The molecule has 3 atom stereocenters. The number of carboxylic acids is 1. The van der Waals surface area contributed by atoms with E-state index in [1.54, 1.807) is 23.1 Å². The molecular weight excluding hydrogens is 507 g/mol. The van der Waals surface area contributed by atoms with Gasteiger partial charge in [0.2, 0.25) is 5.91 Å². The molecule has 2 aliphatic rings. The van der Waals surface area contributed by atoms with Gasteiger partial charge in [0.25, 0.3) is 0 Å². The standard InChI is InChI=1S/C28H23ClF3NO4/c29-19-9-10-24(37-15-25(34)35)23(13-19)26-20-4-2-1-3-16(20)11-12-33(26)27(36)22-14-21(22)17-5-7-18(8-6-17)28(30,31)32/h1-10,13,21-22,26H,11-12,14-15H2,(H,34,35). The number of halogens is 4. The first kappa shape index (κ1) is 25.1. The monoisotopic (exact) mass is 529 g/mol. The molecule has 3 aromatic carbocycles. The lowest BCUT2D eigenvalue weighted by Gasteiger charge is -2.38. The van der Waals surface area contributed by atoms with Crippen molar-refractivity contribution in [3.63, 3.8) is 0 Å². The molecule has 1 fully saturated rings. The highest BCUT2D eigenvalue weighted by Crippen LogP contribution is 2.51. The van der Waals surface area contributed by atoms with Gasteiger partial charge >= 0.3 is 12.1 Å². The fraction of sp³-hybridized carbons (Fsp3) is 0.286. The number of alkyl halides is 3. The van der Waals surface area contributed by atoms with E-state index in [1.807, 2.05) is 24.3 Å². The molecular formula is C28H23ClF3NO4. The molecule has 0 spiro atoms. The number of benzene rings is 3. The molecule has 3 aromatic rings. The van der Waals surface area contributed by atoms with Crippen LogP contribution in [-0.2, 0) is 22.2 Å². The number of nitrogens with zero attached hydrogens (tertiary/aromatic N) is 1. The second kappa shape index (κ2) is 9.74. The van der Waals surface area contributed by atoms with Crippen molar-refractivity contribution in [3.8, 4) is 5.75 Å². The van der Waals surface area contributed by atoms with Crippen molar-refractivity contribution >= 4 is 23.5 Å². The molecule has 1 heterocycles. The molecule has 9 heteroatoms. The Hall–Kier alpha value is -3.52. The SMILES string of the molecule is O=C(O)COc1ccc(Cl)cc1C1c2ccccc2CCN1C(=O)C1CC1c1ccc(C(F)(F)F)cc1. The highest BCUT2D eigenvalue weighted by molar-refractivity contribution is 6.30. The molecule has 37 heavy (non-hydrogen) atoms. The van der Waals surface area contributed by atoms with E-state index >= 15 is 0 Å². The van der Waals surface area contributed by atoms with Crippen molar-refractivity contribution in [2.45, 2.75) is 31.0 Å². The summed E-state index contributed by atoms with van der Waals surface area (Å²) in [4.78, 5) is 26.7. The van der Waals surface area contributed by atoms with Gasteiger partial charge in [0.15, 0.2) is 6.61 Å². The average Bonchev–Trinajstić information content (AvgIpc) is 3.67. The van der Waals surface area contributed by atoms with E-state index in [9.17, 15) is 22.8 Å². The number of aliphatic carboxylic acids is 1. The van der Waals surface area contributed by atoms with Gasteiger partial charge in [-0.1, -0.05) is 48.0 Å². The number of carbonyl (C=O) groups excluding carboxylic acids is 1. The van der Waals surface area contributed by atoms with Crippen molar-refractivity contribution in [2.75, 3.05) is 13.2 Å². The molecule has 1 N–H and O–H groups in total. The van der Waals surface area contributed by atoms with Crippen LogP contribution in [-0.4, -0.2) is 35.0 Å². The minimum Gasteiger partial charge on any atom is -0.482 e. The third-order valence-electron chi connectivity index (χ3n) is 6.96. The Labute approximate surface area is 216 Å². The molecule has 0 radical (unpaired) electrons. The van der Waals surface area contributed by atoms with E-state index in [2.05, 4.69) is 0 Å². The van der Waals surface area contributed by atoms with Crippen LogP contribution >= 0.6 is 11.6 Å². The molecule has 3 unspecified atom stereocenters. The summed E-state index contributed by atoms with van der Waals surface area (Å²) in [6.07, 6.45) is -3.22. The summed E-state index contributed by atoms with van der Waals surface area (Å²) in [5, 5.41) is 9.55. The molecule has 5 nitrogen and oxygen atoms in total. The molecule has 1 saturated carbocycles. The highest BCUT2D eigenvalue weighted by atomic mass is 35.5. The number of hydrogen-bond donors (Lipinski definition) is 1. The summed E-state index contributed by atoms with van der Waals surface area (Å²) >= 11 is 6.32. The second-order valence-corrected chi connectivity index (χ2v) is 9.75. The van der Waals surface area contributed by atoms with Gasteiger partial charge in [-0.2, -0.15) is 13.2 Å². The zero-order valence-corrected chi connectivity index (χ0v) is 20.3. The van der Waals surface area contributed by atoms with E-state index in [-0.39, 0.29) is 17.7 Å². The largest absolute Gasteiger partial charge is 0.482 e. The number of hydrogen-bond acceptors (Lipinski definition) is 3. The van der Waals surface area contributed by atoms with Crippen LogP contribution in [0.25, 0.3) is 0 Å². The quantitative estimate of drug-likeness (QED) is 0.419. The normalized spacial score (nSPS) is 20.8.